The number of aromatic nitrogens is 1. The molecule has 0 aliphatic rings. The van der Waals surface area contributed by atoms with Crippen LogP contribution in [0.3, 0.4) is 0 Å². The van der Waals surface area contributed by atoms with Gasteiger partial charge in [0.05, 0.1) is 17.4 Å². The first-order chi connectivity index (χ1) is 6.79. The van der Waals surface area contributed by atoms with Crippen molar-refractivity contribution in [3.8, 4) is 0 Å². The lowest BCUT2D eigenvalue weighted by Crippen LogP contribution is -1.88. The number of rotatable bonds is 1. The Balaban J connectivity index is 2.61. The number of nitrogens with zero attached hydrogens (tertiary/aromatic N) is 2. The van der Waals surface area contributed by atoms with E-state index >= 15 is 0 Å². The van der Waals surface area contributed by atoms with Crippen LogP contribution in [-0.2, 0) is 0 Å². The number of halogens is 1. The van der Waals surface area contributed by atoms with Gasteiger partial charge in [0.1, 0.15) is 0 Å². The molecule has 1 heterocycles. The van der Waals surface area contributed by atoms with E-state index in [1.807, 2.05) is 24.3 Å². The van der Waals surface area contributed by atoms with E-state index in [9.17, 15) is 0 Å². The molecule has 0 bridgehead atoms. The van der Waals surface area contributed by atoms with Gasteiger partial charge >= 0.3 is 0 Å². The summed E-state index contributed by atoms with van der Waals surface area (Å²) in [6.07, 6.45) is 1.32. The Kier molecular flexibility index (Phi) is 2.62. The highest BCUT2D eigenvalue weighted by atomic mass is 127. The van der Waals surface area contributed by atoms with Crippen molar-refractivity contribution in [1.82, 2.24) is 4.98 Å². The third-order valence-corrected chi connectivity index (χ3v) is 2.53. The maximum atomic E-state index is 8.36. The molecule has 0 unspecified atom stereocenters. The highest BCUT2D eigenvalue weighted by Gasteiger charge is 1.96. The Hall–Kier alpha value is -1.17. The van der Waals surface area contributed by atoms with Gasteiger partial charge in [0, 0.05) is 8.96 Å². The maximum absolute atomic E-state index is 8.36. The molecule has 1 aromatic heterocycles. The fourth-order valence-corrected chi connectivity index (χ4v) is 1.76. The largest absolute Gasteiger partial charge is 0.411 e. The quantitative estimate of drug-likeness (QED) is 0.381. The zero-order chi connectivity index (χ0) is 9.97. The summed E-state index contributed by atoms with van der Waals surface area (Å²) in [5.74, 6) is 0. The van der Waals surface area contributed by atoms with Gasteiger partial charge in [-0.3, -0.25) is 0 Å². The summed E-state index contributed by atoms with van der Waals surface area (Å²) >= 11 is 2.26. The molecule has 4 heteroatoms. The van der Waals surface area contributed by atoms with Crippen LogP contribution in [0.4, 0.5) is 0 Å². The van der Waals surface area contributed by atoms with Crippen LogP contribution in [0.1, 0.15) is 5.69 Å². The molecule has 70 valence electrons. The highest BCUT2D eigenvalue weighted by Crippen LogP contribution is 2.15. The van der Waals surface area contributed by atoms with Crippen molar-refractivity contribution in [3.05, 3.63) is 39.6 Å². The molecule has 0 aliphatic heterocycles. The van der Waals surface area contributed by atoms with Crippen molar-refractivity contribution in [3.63, 3.8) is 0 Å². The standard InChI is InChI=1S/C10H7IN2O/c11-8-2-4-10-7(5-8)1-3-9(13-10)6-12-14/h1-6,14H/b12-6+. The third kappa shape index (κ3) is 1.84. The van der Waals surface area contributed by atoms with Crippen LogP contribution in [0.5, 0.6) is 0 Å². The van der Waals surface area contributed by atoms with Crippen LogP contribution in [0.2, 0.25) is 0 Å². The summed E-state index contributed by atoms with van der Waals surface area (Å²) in [5, 5.41) is 12.4. The second-order valence-electron chi connectivity index (χ2n) is 2.82. The summed E-state index contributed by atoms with van der Waals surface area (Å²) in [6.45, 7) is 0. The van der Waals surface area contributed by atoms with E-state index in [0.717, 1.165) is 10.9 Å². The van der Waals surface area contributed by atoms with Gasteiger partial charge in [-0.05, 0) is 46.9 Å². The van der Waals surface area contributed by atoms with Crippen LogP contribution in [0.25, 0.3) is 10.9 Å². The van der Waals surface area contributed by atoms with Crippen molar-refractivity contribution in [2.75, 3.05) is 0 Å². The number of benzene rings is 1. The molecule has 3 nitrogen and oxygen atoms in total. The lowest BCUT2D eigenvalue weighted by Gasteiger charge is -1.98. The zero-order valence-electron chi connectivity index (χ0n) is 7.18. The molecule has 0 saturated carbocycles. The molecule has 0 spiro atoms. The molecular formula is C10H7IN2O. The van der Waals surface area contributed by atoms with Crippen LogP contribution >= 0.6 is 22.6 Å². The molecule has 0 aliphatic carbocycles. The summed E-state index contributed by atoms with van der Waals surface area (Å²) in [7, 11) is 0. The number of hydrogen-bond donors (Lipinski definition) is 1. The second kappa shape index (κ2) is 3.91. The molecule has 2 aromatic rings. The Morgan fingerprint density at radius 2 is 2.14 bits per heavy atom. The van der Waals surface area contributed by atoms with E-state index in [2.05, 4.69) is 38.8 Å². The van der Waals surface area contributed by atoms with E-state index in [1.165, 1.54) is 9.78 Å². The summed E-state index contributed by atoms with van der Waals surface area (Å²) in [6, 6.07) is 9.78. The molecule has 0 atom stereocenters. The Morgan fingerprint density at radius 1 is 1.29 bits per heavy atom. The van der Waals surface area contributed by atoms with E-state index in [-0.39, 0.29) is 0 Å². The van der Waals surface area contributed by atoms with Gasteiger partial charge in [-0.2, -0.15) is 0 Å². The van der Waals surface area contributed by atoms with Gasteiger partial charge in [-0.25, -0.2) is 4.98 Å². The van der Waals surface area contributed by atoms with Crippen molar-refractivity contribution < 1.29 is 5.21 Å². The molecule has 1 aromatic carbocycles. The Bertz CT molecular complexity index is 496. The van der Waals surface area contributed by atoms with Crippen molar-refractivity contribution in [1.29, 1.82) is 0 Å². The lowest BCUT2D eigenvalue weighted by atomic mass is 10.2. The van der Waals surface area contributed by atoms with E-state index < -0.39 is 0 Å². The fourth-order valence-electron chi connectivity index (χ4n) is 1.24. The lowest BCUT2D eigenvalue weighted by molar-refractivity contribution is 0.321. The van der Waals surface area contributed by atoms with E-state index in [4.69, 9.17) is 5.21 Å². The summed E-state index contributed by atoms with van der Waals surface area (Å²) in [5.41, 5.74) is 1.56. The minimum Gasteiger partial charge on any atom is -0.411 e. The van der Waals surface area contributed by atoms with Gasteiger partial charge in [0.2, 0.25) is 0 Å². The van der Waals surface area contributed by atoms with E-state index in [0.29, 0.717) is 5.69 Å². The fraction of sp³-hybridized carbons (Fsp3) is 0. The second-order valence-corrected chi connectivity index (χ2v) is 4.06. The summed E-state index contributed by atoms with van der Waals surface area (Å²) in [4.78, 5) is 4.29. The first kappa shape index (κ1) is 9.39. The highest BCUT2D eigenvalue weighted by molar-refractivity contribution is 14.1. The minimum atomic E-state index is 0.654. The number of hydrogen-bond acceptors (Lipinski definition) is 3. The van der Waals surface area contributed by atoms with Gasteiger partial charge in [0.25, 0.3) is 0 Å². The molecule has 0 amide bonds. The van der Waals surface area contributed by atoms with E-state index in [1.54, 1.807) is 0 Å². The summed E-state index contributed by atoms with van der Waals surface area (Å²) < 4.78 is 1.18. The molecule has 14 heavy (non-hydrogen) atoms. The molecule has 0 radical (unpaired) electrons. The van der Waals surface area contributed by atoms with Crippen LogP contribution in [-0.4, -0.2) is 16.4 Å². The SMILES string of the molecule is O/N=C/c1ccc2cc(I)ccc2n1. The molecule has 0 saturated heterocycles. The van der Waals surface area contributed by atoms with Crippen LogP contribution in [0.15, 0.2) is 35.5 Å². The van der Waals surface area contributed by atoms with Crippen molar-refractivity contribution in [2.24, 2.45) is 5.16 Å². The number of fused-ring (bicyclic) bond motifs is 1. The van der Waals surface area contributed by atoms with Crippen molar-refractivity contribution >= 4 is 39.7 Å². The minimum absolute atomic E-state index is 0.654. The average Bonchev–Trinajstić information content (AvgIpc) is 2.19. The maximum Gasteiger partial charge on any atom is 0.0918 e. The first-order valence-corrected chi connectivity index (χ1v) is 5.11. The average molecular weight is 298 g/mol. The van der Waals surface area contributed by atoms with Gasteiger partial charge in [0.15, 0.2) is 0 Å². The number of pyridine rings is 1. The normalized spacial score (nSPS) is 11.2. The monoisotopic (exact) mass is 298 g/mol. The zero-order valence-corrected chi connectivity index (χ0v) is 9.34. The van der Waals surface area contributed by atoms with Crippen LogP contribution in [0, 0.1) is 3.57 Å². The third-order valence-electron chi connectivity index (χ3n) is 1.86. The topological polar surface area (TPSA) is 45.5 Å². The molecule has 2 rings (SSSR count). The van der Waals surface area contributed by atoms with Crippen molar-refractivity contribution in [2.45, 2.75) is 0 Å². The first-order valence-electron chi connectivity index (χ1n) is 4.03. The molecule has 0 fully saturated rings. The number of oxime groups is 1. The predicted molar refractivity (Wildman–Crippen MR) is 63.8 cm³/mol. The Morgan fingerprint density at radius 3 is 2.93 bits per heavy atom. The predicted octanol–water partition coefficient (Wildman–Crippen LogP) is 2.65. The van der Waals surface area contributed by atoms with Gasteiger partial charge < -0.3 is 5.21 Å². The van der Waals surface area contributed by atoms with Gasteiger partial charge in [-0.1, -0.05) is 11.2 Å². The molecule has 1 N–H and O–H groups in total. The van der Waals surface area contributed by atoms with Crippen LogP contribution < -0.4 is 0 Å². The Labute approximate surface area is 94.6 Å². The molecular weight excluding hydrogens is 291 g/mol. The smallest absolute Gasteiger partial charge is 0.0918 e. The van der Waals surface area contributed by atoms with Gasteiger partial charge in [-0.15, -0.1) is 0 Å².